The smallest absolute Gasteiger partial charge is 0.106 e. The quantitative estimate of drug-likeness (QED) is 0.702. The Kier molecular flexibility index (Phi) is 5.58. The van der Waals surface area contributed by atoms with Gasteiger partial charge in [0, 0.05) is 26.7 Å². The van der Waals surface area contributed by atoms with Crippen molar-refractivity contribution in [3.05, 3.63) is 0 Å². The molecule has 0 spiro atoms. The molecule has 0 radical (unpaired) electrons. The first kappa shape index (κ1) is 12.9. The Morgan fingerprint density at radius 2 is 2.33 bits per heavy atom. The van der Waals surface area contributed by atoms with Gasteiger partial charge in [-0.05, 0) is 18.9 Å². The fourth-order valence-electron chi connectivity index (χ4n) is 2.10. The molecular formula is C12H25NO2. The predicted molar refractivity (Wildman–Crippen MR) is 62.1 cm³/mol. The molecule has 0 saturated carbocycles. The maximum atomic E-state index is 5.55. The summed E-state index contributed by atoms with van der Waals surface area (Å²) in [5.41, 5.74) is -0.0636. The van der Waals surface area contributed by atoms with Crippen molar-refractivity contribution in [3.8, 4) is 0 Å². The lowest BCUT2D eigenvalue weighted by atomic mass is 10.0. The van der Waals surface area contributed by atoms with Crippen LogP contribution in [0.5, 0.6) is 0 Å². The molecular weight excluding hydrogens is 190 g/mol. The highest BCUT2D eigenvalue weighted by atomic mass is 16.5. The summed E-state index contributed by atoms with van der Waals surface area (Å²) in [6, 6.07) is 0. The van der Waals surface area contributed by atoms with Crippen LogP contribution >= 0.6 is 0 Å². The molecule has 1 aliphatic heterocycles. The first-order chi connectivity index (χ1) is 7.22. The highest BCUT2D eigenvalue weighted by Gasteiger charge is 2.34. The molecule has 1 fully saturated rings. The van der Waals surface area contributed by atoms with Crippen LogP contribution in [-0.4, -0.2) is 39.0 Å². The molecule has 0 aromatic rings. The average molecular weight is 215 g/mol. The zero-order valence-corrected chi connectivity index (χ0v) is 10.3. The van der Waals surface area contributed by atoms with Crippen molar-refractivity contribution >= 4 is 0 Å². The van der Waals surface area contributed by atoms with Gasteiger partial charge in [0.2, 0.25) is 0 Å². The monoisotopic (exact) mass is 215 g/mol. The zero-order valence-electron chi connectivity index (χ0n) is 10.3. The first-order valence-electron chi connectivity index (χ1n) is 6.06. The molecule has 90 valence electrons. The van der Waals surface area contributed by atoms with E-state index in [1.54, 1.807) is 7.11 Å². The molecule has 0 amide bonds. The summed E-state index contributed by atoms with van der Waals surface area (Å²) in [7, 11) is 1.78. The van der Waals surface area contributed by atoms with Crippen LogP contribution in [0.4, 0.5) is 0 Å². The number of rotatable bonds is 7. The molecule has 0 bridgehead atoms. The van der Waals surface area contributed by atoms with Gasteiger partial charge in [0.15, 0.2) is 0 Å². The van der Waals surface area contributed by atoms with Gasteiger partial charge in [-0.15, -0.1) is 0 Å². The number of nitrogens with one attached hydrogen (secondary N) is 1. The van der Waals surface area contributed by atoms with E-state index < -0.39 is 0 Å². The normalized spacial score (nSPS) is 28.2. The van der Waals surface area contributed by atoms with Crippen LogP contribution in [0.1, 0.15) is 33.1 Å². The number of hydrogen-bond acceptors (Lipinski definition) is 3. The Hall–Kier alpha value is -0.120. The molecule has 1 saturated heterocycles. The molecule has 15 heavy (non-hydrogen) atoms. The van der Waals surface area contributed by atoms with E-state index in [1.807, 2.05) is 0 Å². The summed E-state index contributed by atoms with van der Waals surface area (Å²) >= 11 is 0. The third kappa shape index (κ3) is 4.09. The number of hydrogen-bond donors (Lipinski definition) is 1. The fourth-order valence-corrected chi connectivity index (χ4v) is 2.10. The van der Waals surface area contributed by atoms with E-state index in [0.717, 1.165) is 38.6 Å². The number of methoxy groups -OCH3 is 1. The molecule has 1 N–H and O–H groups in total. The Balaban J connectivity index is 2.17. The van der Waals surface area contributed by atoms with E-state index in [0.29, 0.717) is 0 Å². The first-order valence-corrected chi connectivity index (χ1v) is 6.06. The Labute approximate surface area is 93.5 Å². The van der Waals surface area contributed by atoms with Gasteiger partial charge in [-0.25, -0.2) is 0 Å². The Bertz CT molecular complexity index is 167. The largest absolute Gasteiger partial charge is 0.378 e. The van der Waals surface area contributed by atoms with E-state index in [4.69, 9.17) is 9.47 Å². The van der Waals surface area contributed by atoms with Crippen molar-refractivity contribution in [3.63, 3.8) is 0 Å². The Morgan fingerprint density at radius 1 is 1.53 bits per heavy atom. The Morgan fingerprint density at radius 3 is 2.87 bits per heavy atom. The average Bonchev–Trinajstić information content (AvgIpc) is 2.68. The second-order valence-corrected chi connectivity index (χ2v) is 4.71. The fraction of sp³-hybridized carbons (Fsp3) is 1.00. The van der Waals surface area contributed by atoms with Crippen LogP contribution in [0.3, 0.4) is 0 Å². The van der Waals surface area contributed by atoms with Crippen molar-refractivity contribution in [2.45, 2.75) is 38.7 Å². The van der Waals surface area contributed by atoms with Crippen molar-refractivity contribution < 1.29 is 9.47 Å². The van der Waals surface area contributed by atoms with Gasteiger partial charge in [0.25, 0.3) is 0 Å². The highest BCUT2D eigenvalue weighted by Crippen LogP contribution is 2.21. The molecule has 3 nitrogen and oxygen atoms in total. The molecule has 2 atom stereocenters. The summed E-state index contributed by atoms with van der Waals surface area (Å²) in [6.45, 7) is 8.09. The van der Waals surface area contributed by atoms with E-state index in [2.05, 4.69) is 19.2 Å². The van der Waals surface area contributed by atoms with Gasteiger partial charge >= 0.3 is 0 Å². The lowest BCUT2D eigenvalue weighted by Gasteiger charge is -2.26. The lowest BCUT2D eigenvalue weighted by Crippen LogP contribution is -2.44. The summed E-state index contributed by atoms with van der Waals surface area (Å²) in [4.78, 5) is 0. The van der Waals surface area contributed by atoms with Crippen molar-refractivity contribution in [1.82, 2.24) is 5.32 Å². The summed E-state index contributed by atoms with van der Waals surface area (Å²) in [6.07, 6.45) is 3.57. The van der Waals surface area contributed by atoms with Crippen LogP contribution in [0.25, 0.3) is 0 Å². The molecule has 0 aliphatic carbocycles. The number of ether oxygens (including phenoxy) is 2. The van der Waals surface area contributed by atoms with Crippen LogP contribution < -0.4 is 5.32 Å². The van der Waals surface area contributed by atoms with Gasteiger partial charge < -0.3 is 14.8 Å². The molecule has 0 aromatic heterocycles. The standard InChI is InChI=1S/C12H25NO2/c1-4-5-11(2)8-13-9-12(14-3)6-7-15-10-12/h11,13H,4-10H2,1-3H3. The maximum absolute atomic E-state index is 5.55. The van der Waals surface area contributed by atoms with Crippen LogP contribution in [0, 0.1) is 5.92 Å². The van der Waals surface area contributed by atoms with Crippen LogP contribution in [0.2, 0.25) is 0 Å². The molecule has 2 unspecified atom stereocenters. The van der Waals surface area contributed by atoms with Crippen molar-refractivity contribution in [1.29, 1.82) is 0 Å². The topological polar surface area (TPSA) is 30.5 Å². The third-order valence-electron chi connectivity index (χ3n) is 3.22. The summed E-state index contributed by atoms with van der Waals surface area (Å²) in [5, 5.41) is 3.50. The van der Waals surface area contributed by atoms with E-state index in [-0.39, 0.29) is 5.60 Å². The summed E-state index contributed by atoms with van der Waals surface area (Å²) in [5.74, 6) is 0.756. The predicted octanol–water partition coefficient (Wildman–Crippen LogP) is 1.82. The van der Waals surface area contributed by atoms with Gasteiger partial charge in [-0.1, -0.05) is 20.3 Å². The SMILES string of the molecule is CCCC(C)CNCC1(OC)CCOC1. The van der Waals surface area contributed by atoms with E-state index in [1.165, 1.54) is 12.8 Å². The second-order valence-electron chi connectivity index (χ2n) is 4.71. The van der Waals surface area contributed by atoms with Gasteiger partial charge in [-0.3, -0.25) is 0 Å². The molecule has 0 aromatic carbocycles. The van der Waals surface area contributed by atoms with Gasteiger partial charge in [0.05, 0.1) is 6.61 Å². The minimum atomic E-state index is -0.0636. The van der Waals surface area contributed by atoms with Crippen molar-refractivity contribution in [2.75, 3.05) is 33.4 Å². The van der Waals surface area contributed by atoms with E-state index in [9.17, 15) is 0 Å². The van der Waals surface area contributed by atoms with Gasteiger partial charge in [-0.2, -0.15) is 0 Å². The van der Waals surface area contributed by atoms with Crippen molar-refractivity contribution in [2.24, 2.45) is 5.92 Å². The minimum Gasteiger partial charge on any atom is -0.378 e. The summed E-state index contributed by atoms with van der Waals surface area (Å²) < 4.78 is 10.9. The lowest BCUT2D eigenvalue weighted by molar-refractivity contribution is -0.0161. The second kappa shape index (κ2) is 6.46. The van der Waals surface area contributed by atoms with Crippen LogP contribution in [0.15, 0.2) is 0 Å². The zero-order chi connectivity index (χ0) is 11.1. The third-order valence-corrected chi connectivity index (χ3v) is 3.22. The molecule has 1 aliphatic rings. The van der Waals surface area contributed by atoms with Crippen LogP contribution in [-0.2, 0) is 9.47 Å². The van der Waals surface area contributed by atoms with Gasteiger partial charge in [0.1, 0.15) is 5.60 Å². The molecule has 3 heteroatoms. The minimum absolute atomic E-state index is 0.0636. The molecule has 1 rings (SSSR count). The maximum Gasteiger partial charge on any atom is 0.106 e. The molecule has 1 heterocycles. The van der Waals surface area contributed by atoms with E-state index >= 15 is 0 Å². The highest BCUT2D eigenvalue weighted by molar-refractivity contribution is 4.87.